The van der Waals surface area contributed by atoms with Crippen molar-refractivity contribution in [1.29, 1.82) is 0 Å². The Morgan fingerprint density at radius 3 is 2.72 bits per heavy atom. The van der Waals surface area contributed by atoms with Gasteiger partial charge in [-0.15, -0.1) is 0 Å². The molecular formula is C15H23N3. The maximum atomic E-state index is 3.45. The molecule has 0 atom stereocenters. The molecule has 0 spiro atoms. The fraction of sp³-hybridized carbons (Fsp3) is 0.467. The summed E-state index contributed by atoms with van der Waals surface area (Å²) in [4.78, 5) is 5.77. The van der Waals surface area contributed by atoms with E-state index in [1.807, 2.05) is 0 Å². The number of likely N-dealkylation sites (N-methyl/N-ethyl adjacent to an activating group) is 1. The molecule has 0 amide bonds. The van der Waals surface area contributed by atoms with Gasteiger partial charge < -0.3 is 15.2 Å². The van der Waals surface area contributed by atoms with Crippen LogP contribution in [0.3, 0.4) is 0 Å². The second-order valence-electron chi connectivity index (χ2n) is 5.17. The Labute approximate surface area is 109 Å². The molecule has 2 N–H and O–H groups in total. The van der Waals surface area contributed by atoms with Gasteiger partial charge in [0.25, 0.3) is 0 Å². The average Bonchev–Trinajstić information content (AvgIpc) is 2.64. The van der Waals surface area contributed by atoms with Crippen molar-refractivity contribution in [2.45, 2.75) is 26.8 Å². The Morgan fingerprint density at radius 1 is 1.28 bits per heavy atom. The number of nitrogens with one attached hydrogen (secondary N) is 2. The van der Waals surface area contributed by atoms with Crippen LogP contribution in [0.15, 0.2) is 24.3 Å². The van der Waals surface area contributed by atoms with Gasteiger partial charge in [0, 0.05) is 42.8 Å². The SMILES string of the molecule is Cc1[nH]c2ccccc2c1N(C)CCNC(C)C. The Bertz CT molecular complexity index is 513. The molecule has 1 heterocycles. The zero-order valence-corrected chi connectivity index (χ0v) is 11.7. The maximum Gasteiger partial charge on any atom is 0.0652 e. The maximum absolute atomic E-state index is 3.45. The molecule has 0 saturated heterocycles. The third-order valence-electron chi connectivity index (χ3n) is 3.24. The van der Waals surface area contributed by atoms with E-state index in [0.29, 0.717) is 6.04 Å². The Hall–Kier alpha value is -1.48. The van der Waals surface area contributed by atoms with Gasteiger partial charge in [-0.2, -0.15) is 0 Å². The summed E-state index contributed by atoms with van der Waals surface area (Å²) in [6.45, 7) is 8.52. The Kier molecular flexibility index (Phi) is 3.92. The highest BCUT2D eigenvalue weighted by atomic mass is 15.1. The van der Waals surface area contributed by atoms with Gasteiger partial charge in [0.1, 0.15) is 0 Å². The summed E-state index contributed by atoms with van der Waals surface area (Å²) in [6, 6.07) is 9.02. The number of rotatable bonds is 5. The number of hydrogen-bond donors (Lipinski definition) is 2. The molecule has 0 aliphatic carbocycles. The monoisotopic (exact) mass is 245 g/mol. The quantitative estimate of drug-likeness (QED) is 0.848. The minimum absolute atomic E-state index is 0.544. The number of hydrogen-bond acceptors (Lipinski definition) is 2. The van der Waals surface area contributed by atoms with E-state index in [1.165, 1.54) is 22.3 Å². The largest absolute Gasteiger partial charge is 0.371 e. The Morgan fingerprint density at radius 2 is 2.00 bits per heavy atom. The molecule has 3 heteroatoms. The molecule has 0 unspecified atom stereocenters. The lowest BCUT2D eigenvalue weighted by molar-refractivity contribution is 0.589. The lowest BCUT2D eigenvalue weighted by Crippen LogP contribution is -2.33. The van der Waals surface area contributed by atoms with Crippen molar-refractivity contribution in [3.63, 3.8) is 0 Å². The summed E-state index contributed by atoms with van der Waals surface area (Å²) in [5.41, 5.74) is 3.77. The molecule has 1 aromatic carbocycles. The van der Waals surface area contributed by atoms with Crippen molar-refractivity contribution in [1.82, 2.24) is 10.3 Å². The number of para-hydroxylation sites is 1. The third kappa shape index (κ3) is 2.67. The van der Waals surface area contributed by atoms with Gasteiger partial charge in [-0.1, -0.05) is 32.0 Å². The minimum Gasteiger partial charge on any atom is -0.371 e. The summed E-state index contributed by atoms with van der Waals surface area (Å²) >= 11 is 0. The second kappa shape index (κ2) is 5.44. The number of fused-ring (bicyclic) bond motifs is 1. The van der Waals surface area contributed by atoms with Crippen molar-refractivity contribution < 1.29 is 0 Å². The second-order valence-corrected chi connectivity index (χ2v) is 5.17. The van der Waals surface area contributed by atoms with Crippen molar-refractivity contribution in [3.05, 3.63) is 30.0 Å². The van der Waals surface area contributed by atoms with Crippen LogP contribution in [-0.4, -0.2) is 31.2 Å². The smallest absolute Gasteiger partial charge is 0.0652 e. The first kappa shape index (κ1) is 13.0. The van der Waals surface area contributed by atoms with Crippen molar-refractivity contribution in [2.24, 2.45) is 0 Å². The first-order chi connectivity index (χ1) is 8.59. The third-order valence-corrected chi connectivity index (χ3v) is 3.24. The Balaban J connectivity index is 2.16. The first-order valence-corrected chi connectivity index (χ1v) is 6.61. The van der Waals surface area contributed by atoms with Crippen LogP contribution in [0.4, 0.5) is 5.69 Å². The highest BCUT2D eigenvalue weighted by Crippen LogP contribution is 2.29. The van der Waals surface area contributed by atoms with E-state index >= 15 is 0 Å². The van der Waals surface area contributed by atoms with Crippen LogP contribution in [0.25, 0.3) is 10.9 Å². The van der Waals surface area contributed by atoms with E-state index in [1.54, 1.807) is 0 Å². The number of benzene rings is 1. The highest BCUT2D eigenvalue weighted by molar-refractivity contribution is 5.94. The number of anilines is 1. The number of aromatic amines is 1. The van der Waals surface area contributed by atoms with Gasteiger partial charge in [0.05, 0.1) is 5.69 Å². The van der Waals surface area contributed by atoms with Crippen molar-refractivity contribution in [2.75, 3.05) is 25.0 Å². The van der Waals surface area contributed by atoms with E-state index in [-0.39, 0.29) is 0 Å². The first-order valence-electron chi connectivity index (χ1n) is 6.61. The van der Waals surface area contributed by atoms with Gasteiger partial charge in [-0.25, -0.2) is 0 Å². The molecule has 0 radical (unpaired) electrons. The lowest BCUT2D eigenvalue weighted by Gasteiger charge is -2.20. The zero-order chi connectivity index (χ0) is 13.1. The van der Waals surface area contributed by atoms with Crippen LogP contribution in [0.2, 0.25) is 0 Å². The molecule has 2 rings (SSSR count). The van der Waals surface area contributed by atoms with Crippen LogP contribution in [0, 0.1) is 6.92 Å². The molecule has 98 valence electrons. The van der Waals surface area contributed by atoms with E-state index in [4.69, 9.17) is 0 Å². The normalized spacial score (nSPS) is 11.4. The topological polar surface area (TPSA) is 31.1 Å². The predicted molar refractivity (Wildman–Crippen MR) is 79.4 cm³/mol. The number of H-pyrrole nitrogens is 1. The molecule has 0 aliphatic rings. The van der Waals surface area contributed by atoms with Gasteiger partial charge in [0.2, 0.25) is 0 Å². The van der Waals surface area contributed by atoms with Gasteiger partial charge in [0.15, 0.2) is 0 Å². The zero-order valence-electron chi connectivity index (χ0n) is 11.7. The molecule has 1 aromatic heterocycles. The van der Waals surface area contributed by atoms with E-state index < -0.39 is 0 Å². The summed E-state index contributed by atoms with van der Waals surface area (Å²) in [6.07, 6.45) is 0. The summed E-state index contributed by atoms with van der Waals surface area (Å²) in [5.74, 6) is 0. The lowest BCUT2D eigenvalue weighted by atomic mass is 10.2. The van der Waals surface area contributed by atoms with Gasteiger partial charge in [-0.3, -0.25) is 0 Å². The molecule has 0 fully saturated rings. The van der Waals surface area contributed by atoms with Crippen LogP contribution < -0.4 is 10.2 Å². The fourth-order valence-corrected chi connectivity index (χ4v) is 2.39. The molecule has 3 nitrogen and oxygen atoms in total. The van der Waals surface area contributed by atoms with Crippen LogP contribution >= 0.6 is 0 Å². The predicted octanol–water partition coefficient (Wildman–Crippen LogP) is 2.91. The van der Waals surface area contributed by atoms with Crippen LogP contribution in [0.1, 0.15) is 19.5 Å². The molecule has 0 bridgehead atoms. The number of nitrogens with zero attached hydrogens (tertiary/aromatic N) is 1. The van der Waals surface area contributed by atoms with Gasteiger partial charge in [-0.05, 0) is 13.0 Å². The van der Waals surface area contributed by atoms with E-state index in [2.05, 4.69) is 67.3 Å². The van der Waals surface area contributed by atoms with Crippen molar-refractivity contribution >= 4 is 16.6 Å². The number of aromatic nitrogens is 1. The average molecular weight is 245 g/mol. The minimum atomic E-state index is 0.544. The van der Waals surface area contributed by atoms with E-state index in [9.17, 15) is 0 Å². The van der Waals surface area contributed by atoms with E-state index in [0.717, 1.165) is 13.1 Å². The highest BCUT2D eigenvalue weighted by Gasteiger charge is 2.11. The standard InChI is InChI=1S/C15H23N3/c1-11(2)16-9-10-18(4)15-12(3)17-14-8-6-5-7-13(14)15/h5-8,11,16-17H,9-10H2,1-4H3. The summed E-state index contributed by atoms with van der Waals surface area (Å²) in [7, 11) is 2.16. The number of aryl methyl sites for hydroxylation is 1. The molecular weight excluding hydrogens is 222 g/mol. The molecule has 0 saturated carbocycles. The summed E-state index contributed by atoms with van der Waals surface area (Å²) < 4.78 is 0. The molecule has 0 aliphatic heterocycles. The van der Waals surface area contributed by atoms with Crippen LogP contribution in [-0.2, 0) is 0 Å². The summed E-state index contributed by atoms with van der Waals surface area (Å²) in [5, 5.41) is 4.76. The van der Waals surface area contributed by atoms with Crippen LogP contribution in [0.5, 0.6) is 0 Å². The molecule has 2 aromatic rings. The fourth-order valence-electron chi connectivity index (χ4n) is 2.39. The van der Waals surface area contributed by atoms with Crippen molar-refractivity contribution in [3.8, 4) is 0 Å². The van der Waals surface area contributed by atoms with Gasteiger partial charge >= 0.3 is 0 Å². The molecule has 18 heavy (non-hydrogen) atoms.